The molecule has 0 bridgehead atoms. The minimum Gasteiger partial charge on any atom is -0.493 e. The van der Waals surface area contributed by atoms with Crippen molar-refractivity contribution in [2.45, 2.75) is 13.0 Å². The highest BCUT2D eigenvalue weighted by atomic mass is 32.1. The summed E-state index contributed by atoms with van der Waals surface area (Å²) < 4.78 is 24.8. The molecule has 3 rings (SSSR count). The number of anilines is 1. The molecule has 0 aromatic heterocycles. The Bertz CT molecular complexity index is 1120. The number of benzene rings is 2. The maximum atomic E-state index is 14.2. The molecule has 2 aromatic rings. The molecular formula is C21H17FN2O6S. The second-order valence-electron chi connectivity index (χ2n) is 6.42. The summed E-state index contributed by atoms with van der Waals surface area (Å²) in [7, 11) is 1.36. The van der Waals surface area contributed by atoms with Gasteiger partial charge in [0.15, 0.2) is 22.7 Å². The molecule has 2 amide bonds. The van der Waals surface area contributed by atoms with E-state index in [1.807, 2.05) is 0 Å². The van der Waals surface area contributed by atoms with Gasteiger partial charge in [0.1, 0.15) is 11.4 Å². The summed E-state index contributed by atoms with van der Waals surface area (Å²) >= 11 is 5.05. The molecule has 2 N–H and O–H groups in total. The Morgan fingerprint density at radius 1 is 1.23 bits per heavy atom. The Balaban J connectivity index is 1.97. The summed E-state index contributed by atoms with van der Waals surface area (Å²) in [5.74, 6) is -2.98. The van der Waals surface area contributed by atoms with Crippen LogP contribution in [0.1, 0.15) is 12.5 Å². The highest BCUT2D eigenvalue weighted by Gasteiger charge is 2.35. The molecule has 31 heavy (non-hydrogen) atoms. The zero-order valence-corrected chi connectivity index (χ0v) is 17.2. The third kappa shape index (κ3) is 4.53. The SMILES string of the molecule is COc1cc(C=C2C(=O)NC(=S)N(c3ccccc3F)C2=O)ccc1OC(C)C(=O)O. The molecule has 1 heterocycles. The maximum absolute atomic E-state index is 14.2. The number of thiocarbonyl (C=S) groups is 1. The van der Waals surface area contributed by atoms with Crippen LogP contribution in [0, 0.1) is 5.82 Å². The van der Waals surface area contributed by atoms with Crippen LogP contribution in [0.15, 0.2) is 48.0 Å². The van der Waals surface area contributed by atoms with Crippen molar-refractivity contribution in [2.75, 3.05) is 12.0 Å². The summed E-state index contributed by atoms with van der Waals surface area (Å²) in [5, 5.41) is 11.1. The lowest BCUT2D eigenvalue weighted by Gasteiger charge is -2.29. The van der Waals surface area contributed by atoms with E-state index >= 15 is 0 Å². The number of para-hydroxylation sites is 1. The van der Waals surface area contributed by atoms with E-state index < -0.39 is 29.7 Å². The van der Waals surface area contributed by atoms with Gasteiger partial charge in [0.05, 0.1) is 12.8 Å². The molecule has 0 saturated carbocycles. The molecule has 1 aliphatic heterocycles. The molecule has 1 saturated heterocycles. The van der Waals surface area contributed by atoms with Crippen molar-refractivity contribution in [1.29, 1.82) is 0 Å². The first kappa shape index (κ1) is 21.9. The number of halogens is 1. The Hall–Kier alpha value is -3.79. The molecule has 0 radical (unpaired) electrons. The number of rotatable bonds is 6. The van der Waals surface area contributed by atoms with E-state index in [9.17, 15) is 18.8 Å². The van der Waals surface area contributed by atoms with Crippen LogP contribution in [0.5, 0.6) is 11.5 Å². The molecule has 160 valence electrons. The van der Waals surface area contributed by atoms with Gasteiger partial charge in [-0.25, -0.2) is 14.1 Å². The molecule has 0 aliphatic carbocycles. The monoisotopic (exact) mass is 444 g/mol. The topological polar surface area (TPSA) is 105 Å². The minimum atomic E-state index is -1.15. The van der Waals surface area contributed by atoms with Crippen LogP contribution in [-0.2, 0) is 14.4 Å². The van der Waals surface area contributed by atoms with E-state index in [1.54, 1.807) is 0 Å². The van der Waals surface area contributed by atoms with E-state index in [1.165, 1.54) is 62.6 Å². The second-order valence-corrected chi connectivity index (χ2v) is 6.80. The highest BCUT2D eigenvalue weighted by molar-refractivity contribution is 7.80. The van der Waals surface area contributed by atoms with E-state index in [-0.39, 0.29) is 27.9 Å². The van der Waals surface area contributed by atoms with Crippen LogP contribution in [0.3, 0.4) is 0 Å². The zero-order valence-electron chi connectivity index (χ0n) is 16.4. The number of carbonyl (C=O) groups is 3. The van der Waals surface area contributed by atoms with Gasteiger partial charge in [-0.05, 0) is 55.0 Å². The highest BCUT2D eigenvalue weighted by Crippen LogP contribution is 2.31. The number of hydrogen-bond acceptors (Lipinski definition) is 6. The molecule has 1 unspecified atom stereocenters. The second kappa shape index (κ2) is 8.92. The van der Waals surface area contributed by atoms with Gasteiger partial charge in [-0.1, -0.05) is 18.2 Å². The van der Waals surface area contributed by atoms with Gasteiger partial charge in [-0.3, -0.25) is 14.9 Å². The van der Waals surface area contributed by atoms with Crippen LogP contribution in [0.4, 0.5) is 10.1 Å². The largest absolute Gasteiger partial charge is 0.493 e. The summed E-state index contributed by atoms with van der Waals surface area (Å²) in [4.78, 5) is 37.3. The Labute approximate surface area is 181 Å². The van der Waals surface area contributed by atoms with Crippen molar-refractivity contribution in [3.05, 3.63) is 59.4 Å². The quantitative estimate of drug-likeness (QED) is 0.401. The molecule has 10 heteroatoms. The summed E-state index contributed by atoms with van der Waals surface area (Å²) in [6.07, 6.45) is 0.180. The fourth-order valence-corrected chi connectivity index (χ4v) is 3.06. The van der Waals surface area contributed by atoms with E-state index in [2.05, 4.69) is 5.32 Å². The maximum Gasteiger partial charge on any atom is 0.344 e. The lowest BCUT2D eigenvalue weighted by atomic mass is 10.1. The molecule has 2 aromatic carbocycles. The average molecular weight is 444 g/mol. The number of methoxy groups -OCH3 is 1. The lowest BCUT2D eigenvalue weighted by Crippen LogP contribution is -2.54. The minimum absolute atomic E-state index is 0.0904. The number of carboxylic acid groups (broad SMARTS) is 1. The first-order valence-corrected chi connectivity index (χ1v) is 9.37. The zero-order chi connectivity index (χ0) is 22.7. The van der Waals surface area contributed by atoms with Gasteiger partial charge in [0, 0.05) is 0 Å². The van der Waals surface area contributed by atoms with Crippen molar-refractivity contribution in [1.82, 2.24) is 5.32 Å². The van der Waals surface area contributed by atoms with Gasteiger partial charge >= 0.3 is 5.97 Å². The van der Waals surface area contributed by atoms with Crippen molar-refractivity contribution < 1.29 is 33.4 Å². The summed E-state index contributed by atoms with van der Waals surface area (Å²) in [6.45, 7) is 1.36. The molecule has 1 aliphatic rings. The number of carboxylic acids is 1. The fourth-order valence-electron chi connectivity index (χ4n) is 2.79. The van der Waals surface area contributed by atoms with E-state index in [4.69, 9.17) is 26.8 Å². The number of nitrogens with zero attached hydrogens (tertiary/aromatic N) is 1. The van der Waals surface area contributed by atoms with E-state index in [0.29, 0.717) is 5.56 Å². The van der Waals surface area contributed by atoms with Crippen LogP contribution in [-0.4, -0.2) is 41.2 Å². The predicted molar refractivity (Wildman–Crippen MR) is 113 cm³/mol. The van der Waals surface area contributed by atoms with Crippen LogP contribution < -0.4 is 19.7 Å². The molecule has 0 spiro atoms. The van der Waals surface area contributed by atoms with Gasteiger partial charge in [-0.15, -0.1) is 0 Å². The van der Waals surface area contributed by atoms with Gasteiger partial charge in [-0.2, -0.15) is 0 Å². The fraction of sp³-hybridized carbons (Fsp3) is 0.143. The summed E-state index contributed by atoms with van der Waals surface area (Å²) in [5.41, 5.74) is 0.0332. The summed E-state index contributed by atoms with van der Waals surface area (Å²) in [6, 6.07) is 9.98. The molecular weight excluding hydrogens is 427 g/mol. The van der Waals surface area contributed by atoms with Gasteiger partial charge < -0.3 is 14.6 Å². The molecule has 1 fully saturated rings. The molecule has 8 nitrogen and oxygen atoms in total. The van der Waals surface area contributed by atoms with Crippen molar-refractivity contribution in [3.8, 4) is 11.5 Å². The normalized spacial score (nSPS) is 16.2. The smallest absolute Gasteiger partial charge is 0.344 e. The third-order valence-corrected chi connectivity index (χ3v) is 4.63. The Morgan fingerprint density at radius 3 is 2.58 bits per heavy atom. The van der Waals surface area contributed by atoms with Gasteiger partial charge in [0.2, 0.25) is 0 Å². The first-order valence-electron chi connectivity index (χ1n) is 8.96. The van der Waals surface area contributed by atoms with E-state index in [0.717, 1.165) is 4.90 Å². The van der Waals surface area contributed by atoms with Crippen LogP contribution in [0.25, 0.3) is 6.08 Å². The van der Waals surface area contributed by atoms with Crippen molar-refractivity contribution >= 4 is 46.9 Å². The third-order valence-electron chi connectivity index (χ3n) is 4.35. The number of ether oxygens (including phenoxy) is 2. The van der Waals surface area contributed by atoms with Gasteiger partial charge in [0.25, 0.3) is 11.8 Å². The average Bonchev–Trinajstić information content (AvgIpc) is 2.73. The number of carbonyl (C=O) groups excluding carboxylic acids is 2. The van der Waals surface area contributed by atoms with Crippen LogP contribution >= 0.6 is 12.2 Å². The standard InChI is InChI=1S/C21H17FN2O6S/c1-11(20(27)28)30-16-8-7-12(10-17(16)29-2)9-13-18(25)23-21(31)24(19(13)26)15-6-4-3-5-14(15)22/h3-11H,1-2H3,(H,27,28)(H,23,25,31). The lowest BCUT2D eigenvalue weighted by molar-refractivity contribution is -0.144. The van der Waals surface area contributed by atoms with Crippen molar-refractivity contribution in [2.24, 2.45) is 0 Å². The predicted octanol–water partition coefficient (Wildman–Crippen LogP) is 2.52. The van der Waals surface area contributed by atoms with Crippen molar-refractivity contribution in [3.63, 3.8) is 0 Å². The number of aliphatic carboxylic acids is 1. The first-order chi connectivity index (χ1) is 14.7. The molecule has 1 atom stereocenters. The van der Waals surface area contributed by atoms with Crippen LogP contribution in [0.2, 0.25) is 0 Å². The number of amides is 2. The number of hydrogen-bond donors (Lipinski definition) is 2. The Morgan fingerprint density at radius 2 is 1.94 bits per heavy atom. The number of nitrogens with one attached hydrogen (secondary N) is 1. The Kier molecular flexibility index (Phi) is 6.30.